The maximum absolute atomic E-state index is 11.4. The Morgan fingerprint density at radius 1 is 0.846 bits per heavy atom. The Bertz CT molecular complexity index is 770. The Balaban J connectivity index is 2.74. The minimum absolute atomic E-state index is 0.357. The molecule has 144 valence electrons. The van der Waals surface area contributed by atoms with Crippen LogP contribution < -0.4 is 14.0 Å². The van der Waals surface area contributed by atoms with E-state index in [-0.39, 0.29) is 10.8 Å². The van der Waals surface area contributed by atoms with Gasteiger partial charge in [-0.3, -0.25) is 0 Å². The lowest BCUT2D eigenvalue weighted by molar-refractivity contribution is -1.91. The van der Waals surface area contributed by atoms with Crippen LogP contribution >= 0.6 is 10.8 Å². The van der Waals surface area contributed by atoms with Crippen LogP contribution in [0.3, 0.4) is 0 Å². The van der Waals surface area contributed by atoms with Crippen LogP contribution in [0.25, 0.3) is 5.57 Å². The second-order valence-corrected chi connectivity index (χ2v) is 11.2. The standard InChI is InChI=1S/C20H27ClO4S/c1-14-8-10-15(11-9-14)16-12-17(19(2,3)4)26(25-21(22,23)24)18(13-16)20(5,6)7/h8-13H,1-7H3. The van der Waals surface area contributed by atoms with E-state index in [0.717, 1.165) is 20.9 Å². The molecule has 0 spiro atoms. The van der Waals surface area contributed by atoms with Crippen molar-refractivity contribution in [2.24, 2.45) is 10.8 Å². The van der Waals surface area contributed by atoms with Gasteiger partial charge < -0.3 is 0 Å². The molecule has 1 atom stereocenters. The predicted molar refractivity (Wildman–Crippen MR) is 99.8 cm³/mol. The van der Waals surface area contributed by atoms with E-state index < -0.39 is 21.0 Å². The van der Waals surface area contributed by atoms with Gasteiger partial charge in [0.05, 0.1) is 10.2 Å². The second-order valence-electron chi connectivity index (χ2n) is 8.55. The van der Waals surface area contributed by atoms with Crippen molar-refractivity contribution in [1.82, 2.24) is 0 Å². The number of benzene rings is 1. The summed E-state index contributed by atoms with van der Waals surface area (Å²) in [4.78, 5) is 1.60. The highest BCUT2D eigenvalue weighted by Crippen LogP contribution is 2.49. The van der Waals surface area contributed by atoms with Gasteiger partial charge in [0.25, 0.3) is 0 Å². The Hall–Kier alpha value is -0.950. The smallest absolute Gasteiger partial charge is 0.141 e. The van der Waals surface area contributed by atoms with Crippen LogP contribution in [0.1, 0.15) is 52.7 Å². The summed E-state index contributed by atoms with van der Waals surface area (Å²) >= 11 is 0. The molecule has 0 saturated carbocycles. The first-order chi connectivity index (χ1) is 11.7. The van der Waals surface area contributed by atoms with Gasteiger partial charge >= 0.3 is 0 Å². The molecule has 1 aliphatic rings. The molecular weight excluding hydrogens is 372 g/mol. The molecule has 0 aliphatic carbocycles. The van der Waals surface area contributed by atoms with Crippen molar-refractivity contribution in [3.8, 4) is 0 Å². The van der Waals surface area contributed by atoms with Gasteiger partial charge in [-0.2, -0.15) is 14.0 Å². The first kappa shape index (κ1) is 21.4. The van der Waals surface area contributed by atoms with E-state index in [1.807, 2.05) is 84.9 Å². The number of hydrogen-bond donors (Lipinski definition) is 0. The average molecular weight is 399 g/mol. The zero-order valence-electron chi connectivity index (χ0n) is 16.4. The molecule has 0 bridgehead atoms. The van der Waals surface area contributed by atoms with E-state index in [0.29, 0.717) is 0 Å². The summed E-state index contributed by atoms with van der Waals surface area (Å²) in [6.45, 7) is 14.0. The van der Waals surface area contributed by atoms with E-state index in [9.17, 15) is 14.0 Å². The fraction of sp³-hybridized carbons (Fsp3) is 0.450. The quantitative estimate of drug-likeness (QED) is 0.733. The molecule has 0 saturated heterocycles. The van der Waals surface area contributed by atoms with Gasteiger partial charge in [0, 0.05) is 9.77 Å². The molecule has 0 aromatic heterocycles. The number of hydrogen-bond acceptors (Lipinski definition) is 4. The number of rotatable bonds is 3. The van der Waals surface area contributed by atoms with E-state index in [4.69, 9.17) is 3.74 Å². The number of halogens is 1. The molecule has 2 rings (SSSR count). The first-order valence-electron chi connectivity index (χ1n) is 8.42. The molecule has 4 nitrogen and oxygen atoms in total. The van der Waals surface area contributed by atoms with Crippen LogP contribution in [0.4, 0.5) is 0 Å². The van der Waals surface area contributed by atoms with Crippen molar-refractivity contribution in [2.75, 3.05) is 0 Å². The summed E-state index contributed by atoms with van der Waals surface area (Å²) < 4.78 is 39.1. The molecule has 1 aromatic rings. The lowest BCUT2D eigenvalue weighted by Crippen LogP contribution is -2.60. The first-order valence-corrected chi connectivity index (χ1v) is 10.8. The van der Waals surface area contributed by atoms with Crippen molar-refractivity contribution >= 4 is 21.2 Å². The molecule has 0 N–H and O–H groups in total. The van der Waals surface area contributed by atoms with Crippen molar-refractivity contribution in [3.05, 3.63) is 52.4 Å². The molecule has 1 aliphatic heterocycles. The summed E-state index contributed by atoms with van der Waals surface area (Å²) in [5.74, 6) is 0. The predicted octanol–water partition coefficient (Wildman–Crippen LogP) is 2.64. The lowest BCUT2D eigenvalue weighted by atomic mass is 9.88. The third kappa shape index (κ3) is 5.28. The van der Waals surface area contributed by atoms with Gasteiger partial charge in [-0.25, -0.2) is 0 Å². The summed E-state index contributed by atoms with van der Waals surface area (Å²) in [6, 6.07) is 8.18. The normalized spacial score (nSPS) is 19.3. The van der Waals surface area contributed by atoms with Crippen molar-refractivity contribution in [2.45, 2.75) is 48.5 Å². The van der Waals surface area contributed by atoms with E-state index in [1.54, 1.807) is 0 Å². The number of aryl methyl sites for hydroxylation is 1. The highest BCUT2D eigenvalue weighted by Gasteiger charge is 2.38. The zero-order chi connectivity index (χ0) is 19.9. The van der Waals surface area contributed by atoms with Crippen LogP contribution in [0.15, 0.2) is 41.3 Å². The van der Waals surface area contributed by atoms with E-state index >= 15 is 0 Å². The van der Waals surface area contributed by atoms with E-state index in [1.165, 1.54) is 5.56 Å². The third-order valence-electron chi connectivity index (χ3n) is 3.98. The van der Waals surface area contributed by atoms with Crippen LogP contribution in [0, 0.1) is 28.0 Å². The fourth-order valence-electron chi connectivity index (χ4n) is 2.60. The van der Waals surface area contributed by atoms with Gasteiger partial charge in [0.1, 0.15) is 14.5 Å². The molecule has 0 fully saturated rings. The maximum atomic E-state index is 11.4. The van der Waals surface area contributed by atoms with Gasteiger partial charge in [0.15, 0.2) is 0 Å². The SMILES string of the molecule is Cc1ccc(C2=CC(C(C)(C)C)=S(O[Cl+3]([O-])([O-])[O-])C(C(C)(C)C)=C2)cc1. The minimum atomic E-state index is -4.53. The van der Waals surface area contributed by atoms with Crippen LogP contribution in [-0.4, -0.2) is 4.86 Å². The average Bonchev–Trinajstić information content (AvgIpc) is 2.44. The summed E-state index contributed by atoms with van der Waals surface area (Å²) in [5.41, 5.74) is 2.50. The summed E-state index contributed by atoms with van der Waals surface area (Å²) in [5, 5.41) is 0. The Kier molecular flexibility index (Phi) is 5.93. The molecule has 0 radical (unpaired) electrons. The largest absolute Gasteiger partial charge is 0.182 e. The topological polar surface area (TPSA) is 78.4 Å². The second kappa shape index (κ2) is 7.23. The van der Waals surface area contributed by atoms with Crippen LogP contribution in [0.2, 0.25) is 0 Å². The molecule has 1 unspecified atom stereocenters. The molecule has 6 heteroatoms. The van der Waals surface area contributed by atoms with Gasteiger partial charge in [-0.1, -0.05) is 71.4 Å². The zero-order valence-corrected chi connectivity index (χ0v) is 18.0. The molecule has 0 amide bonds. The van der Waals surface area contributed by atoms with Crippen molar-refractivity contribution in [3.63, 3.8) is 0 Å². The van der Waals surface area contributed by atoms with Gasteiger partial charge in [-0.05, 0) is 41.0 Å². The van der Waals surface area contributed by atoms with Crippen molar-refractivity contribution in [1.29, 1.82) is 0 Å². The third-order valence-corrected chi connectivity index (χ3v) is 7.36. The molecule has 26 heavy (non-hydrogen) atoms. The molecular formula is C20H27ClO4S. The minimum Gasteiger partial charge on any atom is -0.182 e. The Labute approximate surface area is 161 Å². The van der Waals surface area contributed by atoms with Gasteiger partial charge in [-0.15, -0.1) is 0 Å². The summed E-state index contributed by atoms with van der Waals surface area (Å²) in [6.07, 6.45) is 3.92. The van der Waals surface area contributed by atoms with Gasteiger partial charge in [0.2, 0.25) is 0 Å². The highest BCUT2D eigenvalue weighted by atomic mass is 35.7. The van der Waals surface area contributed by atoms with E-state index in [2.05, 4.69) is 0 Å². The fourth-order valence-corrected chi connectivity index (χ4v) is 5.57. The van der Waals surface area contributed by atoms with Crippen LogP contribution in [0.5, 0.6) is 0 Å². The summed E-state index contributed by atoms with van der Waals surface area (Å²) in [7, 11) is -5.77. The number of allylic oxidation sites excluding steroid dienone is 4. The molecule has 1 aromatic carbocycles. The Morgan fingerprint density at radius 3 is 1.81 bits per heavy atom. The lowest BCUT2D eigenvalue weighted by Gasteiger charge is -2.32. The Morgan fingerprint density at radius 2 is 1.38 bits per heavy atom. The van der Waals surface area contributed by atoms with Crippen molar-refractivity contribution < 1.29 is 28.0 Å². The maximum Gasteiger partial charge on any atom is 0.141 e. The van der Waals surface area contributed by atoms with Crippen LogP contribution in [-0.2, 0) is 3.74 Å². The highest BCUT2D eigenvalue weighted by molar-refractivity contribution is 8.15. The molecule has 1 heterocycles. The monoisotopic (exact) mass is 398 g/mol.